The van der Waals surface area contributed by atoms with Crippen LogP contribution in [-0.4, -0.2) is 53.8 Å². The third-order valence-electron chi connectivity index (χ3n) is 5.78. The van der Waals surface area contributed by atoms with Gasteiger partial charge in [-0.15, -0.1) is 0 Å². The molecule has 1 atom stereocenters. The summed E-state index contributed by atoms with van der Waals surface area (Å²) in [4.78, 5) is 40.9. The highest BCUT2D eigenvalue weighted by Crippen LogP contribution is 2.25. The summed E-state index contributed by atoms with van der Waals surface area (Å²) in [6.07, 6.45) is 2.10. The number of piperidine rings is 1. The number of hydrogen-bond donors (Lipinski definition) is 0. The average molecular weight is 406 g/mol. The van der Waals surface area contributed by atoms with E-state index < -0.39 is 0 Å². The lowest BCUT2D eigenvalue weighted by molar-refractivity contribution is -0.133. The van der Waals surface area contributed by atoms with Gasteiger partial charge in [0.2, 0.25) is 5.91 Å². The maximum atomic E-state index is 12.8. The van der Waals surface area contributed by atoms with E-state index in [1.165, 1.54) is 4.90 Å². The summed E-state index contributed by atoms with van der Waals surface area (Å²) >= 11 is 0. The van der Waals surface area contributed by atoms with Crippen molar-refractivity contribution < 1.29 is 19.1 Å². The molecule has 3 amide bonds. The van der Waals surface area contributed by atoms with E-state index in [1.807, 2.05) is 48.2 Å². The topological polar surface area (TPSA) is 66.9 Å². The Morgan fingerprint density at radius 2 is 1.83 bits per heavy atom. The van der Waals surface area contributed by atoms with Gasteiger partial charge in [0.05, 0.1) is 17.7 Å². The number of para-hydroxylation sites is 1. The third kappa shape index (κ3) is 4.22. The average Bonchev–Trinajstić information content (AvgIpc) is 3.00. The Bertz CT molecular complexity index is 957. The highest BCUT2D eigenvalue weighted by Gasteiger charge is 2.36. The Labute approximate surface area is 176 Å². The van der Waals surface area contributed by atoms with E-state index >= 15 is 0 Å². The highest BCUT2D eigenvalue weighted by molar-refractivity contribution is 6.21. The van der Waals surface area contributed by atoms with Crippen molar-refractivity contribution in [2.75, 3.05) is 26.2 Å². The molecule has 2 aliphatic rings. The lowest BCUT2D eigenvalue weighted by Gasteiger charge is -2.33. The van der Waals surface area contributed by atoms with Gasteiger partial charge in [0, 0.05) is 32.0 Å². The van der Waals surface area contributed by atoms with Crippen LogP contribution in [0, 0.1) is 12.8 Å². The molecule has 1 saturated heterocycles. The number of aryl methyl sites for hydroxylation is 1. The molecular formula is C24H26N2O4. The van der Waals surface area contributed by atoms with E-state index in [0.717, 1.165) is 24.2 Å². The quantitative estimate of drug-likeness (QED) is 0.691. The fourth-order valence-electron chi connectivity index (χ4n) is 4.13. The Morgan fingerprint density at radius 1 is 1.07 bits per heavy atom. The standard InChI is InChI=1S/C24H26N2O4/c1-17-9-10-20-21(14-17)24(29)26(23(20)28)13-11-22(27)25-12-5-6-18(15-25)16-30-19-7-3-2-4-8-19/h2-4,7-10,14,18H,5-6,11-13,15-16H2,1H3. The lowest BCUT2D eigenvalue weighted by atomic mass is 9.98. The third-order valence-corrected chi connectivity index (χ3v) is 5.78. The first-order valence-electron chi connectivity index (χ1n) is 10.5. The minimum absolute atomic E-state index is 0.0212. The van der Waals surface area contributed by atoms with Crippen molar-refractivity contribution in [3.63, 3.8) is 0 Å². The normalized spacial score (nSPS) is 18.5. The first-order valence-corrected chi connectivity index (χ1v) is 10.5. The number of ether oxygens (including phenoxy) is 1. The molecule has 2 heterocycles. The van der Waals surface area contributed by atoms with Gasteiger partial charge in [0.25, 0.3) is 11.8 Å². The van der Waals surface area contributed by atoms with E-state index in [9.17, 15) is 14.4 Å². The van der Waals surface area contributed by atoms with Gasteiger partial charge in [-0.2, -0.15) is 0 Å². The van der Waals surface area contributed by atoms with Crippen LogP contribution in [0.15, 0.2) is 48.5 Å². The van der Waals surface area contributed by atoms with Crippen LogP contribution in [0.25, 0.3) is 0 Å². The fraction of sp³-hybridized carbons (Fsp3) is 0.375. The minimum Gasteiger partial charge on any atom is -0.493 e. The van der Waals surface area contributed by atoms with E-state index in [1.54, 1.807) is 12.1 Å². The first-order chi connectivity index (χ1) is 14.5. The van der Waals surface area contributed by atoms with Crippen molar-refractivity contribution >= 4 is 17.7 Å². The molecule has 0 N–H and O–H groups in total. The van der Waals surface area contributed by atoms with Crippen LogP contribution in [-0.2, 0) is 4.79 Å². The number of imide groups is 1. The van der Waals surface area contributed by atoms with Crippen molar-refractivity contribution in [2.24, 2.45) is 5.92 Å². The van der Waals surface area contributed by atoms with Gasteiger partial charge in [-0.3, -0.25) is 19.3 Å². The summed E-state index contributed by atoms with van der Waals surface area (Å²) in [5, 5.41) is 0. The Hall–Kier alpha value is -3.15. The summed E-state index contributed by atoms with van der Waals surface area (Å²) in [6.45, 7) is 3.94. The fourth-order valence-corrected chi connectivity index (χ4v) is 4.13. The van der Waals surface area contributed by atoms with Gasteiger partial charge < -0.3 is 9.64 Å². The molecule has 0 saturated carbocycles. The summed E-state index contributed by atoms with van der Waals surface area (Å²) in [6, 6.07) is 14.9. The molecule has 156 valence electrons. The maximum absolute atomic E-state index is 12.8. The van der Waals surface area contributed by atoms with Crippen molar-refractivity contribution in [3.05, 3.63) is 65.2 Å². The number of likely N-dealkylation sites (tertiary alicyclic amines) is 1. The van der Waals surface area contributed by atoms with Gasteiger partial charge >= 0.3 is 0 Å². The molecule has 1 fully saturated rings. The van der Waals surface area contributed by atoms with Gasteiger partial charge in [0.15, 0.2) is 0 Å². The predicted octanol–water partition coefficient (Wildman–Crippen LogP) is 3.30. The van der Waals surface area contributed by atoms with Crippen molar-refractivity contribution in [1.82, 2.24) is 9.80 Å². The number of nitrogens with zero attached hydrogens (tertiary/aromatic N) is 2. The molecule has 0 bridgehead atoms. The molecule has 2 aliphatic heterocycles. The van der Waals surface area contributed by atoms with Crippen molar-refractivity contribution in [1.29, 1.82) is 0 Å². The summed E-state index contributed by atoms with van der Waals surface area (Å²) in [7, 11) is 0. The van der Waals surface area contributed by atoms with Crippen LogP contribution in [0.4, 0.5) is 0 Å². The van der Waals surface area contributed by atoms with Crippen LogP contribution < -0.4 is 4.74 Å². The number of hydrogen-bond acceptors (Lipinski definition) is 4. The molecular weight excluding hydrogens is 380 g/mol. The molecule has 2 aromatic rings. The first kappa shape index (κ1) is 20.1. The second-order valence-corrected chi connectivity index (χ2v) is 8.03. The van der Waals surface area contributed by atoms with E-state index in [2.05, 4.69) is 0 Å². The molecule has 6 heteroatoms. The van der Waals surface area contributed by atoms with Crippen LogP contribution in [0.2, 0.25) is 0 Å². The van der Waals surface area contributed by atoms with Gasteiger partial charge in [-0.1, -0.05) is 29.8 Å². The Kier molecular flexibility index (Phi) is 5.84. The number of rotatable bonds is 6. The van der Waals surface area contributed by atoms with Crippen molar-refractivity contribution in [2.45, 2.75) is 26.2 Å². The highest BCUT2D eigenvalue weighted by atomic mass is 16.5. The van der Waals surface area contributed by atoms with E-state index in [4.69, 9.17) is 4.74 Å². The molecule has 4 rings (SSSR count). The molecule has 0 aliphatic carbocycles. The smallest absolute Gasteiger partial charge is 0.261 e. The second kappa shape index (κ2) is 8.69. The Balaban J connectivity index is 1.30. The second-order valence-electron chi connectivity index (χ2n) is 8.03. The van der Waals surface area contributed by atoms with Gasteiger partial charge in [0.1, 0.15) is 5.75 Å². The predicted molar refractivity (Wildman–Crippen MR) is 112 cm³/mol. The molecule has 6 nitrogen and oxygen atoms in total. The summed E-state index contributed by atoms with van der Waals surface area (Å²) < 4.78 is 5.85. The maximum Gasteiger partial charge on any atom is 0.261 e. The largest absolute Gasteiger partial charge is 0.493 e. The van der Waals surface area contributed by atoms with Crippen LogP contribution in [0.3, 0.4) is 0 Å². The Morgan fingerprint density at radius 3 is 2.63 bits per heavy atom. The number of carbonyl (C=O) groups excluding carboxylic acids is 3. The van der Waals surface area contributed by atoms with Crippen molar-refractivity contribution in [3.8, 4) is 5.75 Å². The zero-order chi connectivity index (χ0) is 21.1. The summed E-state index contributed by atoms with van der Waals surface area (Å²) in [5.74, 6) is 0.481. The van der Waals surface area contributed by atoms with Crippen LogP contribution >= 0.6 is 0 Å². The zero-order valence-corrected chi connectivity index (χ0v) is 17.2. The van der Waals surface area contributed by atoms with E-state index in [0.29, 0.717) is 30.8 Å². The number of carbonyl (C=O) groups is 3. The molecule has 0 aromatic heterocycles. The van der Waals surface area contributed by atoms with Gasteiger partial charge in [-0.05, 0) is 44.0 Å². The number of benzene rings is 2. The summed E-state index contributed by atoms with van der Waals surface area (Å²) in [5.41, 5.74) is 1.79. The number of amides is 3. The zero-order valence-electron chi connectivity index (χ0n) is 17.2. The SMILES string of the molecule is Cc1ccc2c(c1)C(=O)N(CCC(=O)N1CCCC(COc3ccccc3)C1)C2=O. The molecule has 30 heavy (non-hydrogen) atoms. The molecule has 0 spiro atoms. The van der Waals surface area contributed by atoms with Gasteiger partial charge in [-0.25, -0.2) is 0 Å². The van der Waals surface area contributed by atoms with Crippen LogP contribution in [0.5, 0.6) is 5.75 Å². The molecule has 0 radical (unpaired) electrons. The molecule has 1 unspecified atom stereocenters. The lowest BCUT2D eigenvalue weighted by Crippen LogP contribution is -2.43. The monoisotopic (exact) mass is 406 g/mol. The molecule has 2 aromatic carbocycles. The van der Waals surface area contributed by atoms with E-state index in [-0.39, 0.29) is 36.6 Å². The van der Waals surface area contributed by atoms with Crippen LogP contribution in [0.1, 0.15) is 45.5 Å². The number of fused-ring (bicyclic) bond motifs is 1. The minimum atomic E-state index is -0.310.